The van der Waals surface area contributed by atoms with E-state index >= 15 is 0 Å². The first kappa shape index (κ1) is 9.08. The maximum absolute atomic E-state index is 8.67. The number of nitriles is 1. The molecule has 1 aromatic rings. The van der Waals surface area contributed by atoms with Crippen molar-refractivity contribution in [3.05, 3.63) is 29.8 Å². The summed E-state index contributed by atoms with van der Waals surface area (Å²) in [6.45, 7) is 0. The molecule has 0 bridgehead atoms. The summed E-state index contributed by atoms with van der Waals surface area (Å²) in [6, 6.07) is 10.7. The van der Waals surface area contributed by atoms with Gasteiger partial charge in [-0.3, -0.25) is 0 Å². The van der Waals surface area contributed by atoms with Gasteiger partial charge in [0.15, 0.2) is 0 Å². The minimum absolute atomic E-state index is 0.711. The number of hydrogen-bond acceptors (Lipinski definition) is 2. The van der Waals surface area contributed by atoms with Crippen LogP contribution in [0.2, 0.25) is 0 Å². The summed E-state index contributed by atoms with van der Waals surface area (Å²) in [6.07, 6.45) is 3.96. The van der Waals surface area contributed by atoms with E-state index < -0.39 is 0 Å². The van der Waals surface area contributed by atoms with Crippen LogP contribution >= 0.6 is 0 Å². The van der Waals surface area contributed by atoms with Crippen molar-refractivity contribution in [3.8, 4) is 6.07 Å². The van der Waals surface area contributed by atoms with Crippen molar-refractivity contribution in [1.82, 2.24) is 0 Å². The van der Waals surface area contributed by atoms with Gasteiger partial charge in [-0.25, -0.2) is 0 Å². The van der Waals surface area contributed by atoms with Gasteiger partial charge in [0, 0.05) is 18.8 Å². The Morgan fingerprint density at radius 1 is 1.29 bits per heavy atom. The number of anilines is 1. The molecule has 0 radical (unpaired) electrons. The molecular weight excluding hydrogens is 172 g/mol. The Kier molecular flexibility index (Phi) is 2.41. The lowest BCUT2D eigenvalue weighted by Crippen LogP contribution is -2.36. The second-order valence-corrected chi connectivity index (χ2v) is 3.85. The Bertz CT molecular complexity index is 344. The summed E-state index contributed by atoms with van der Waals surface area (Å²) in [4.78, 5) is 2.31. The average molecular weight is 186 g/mol. The molecule has 0 amide bonds. The standard InChI is InChI=1S/C12H14N2/c1-14(11-3-2-4-11)12-7-5-10(9-13)6-8-12/h5-8,11H,2-4H2,1H3. The van der Waals surface area contributed by atoms with E-state index in [1.165, 1.54) is 24.9 Å². The van der Waals surface area contributed by atoms with E-state index in [-0.39, 0.29) is 0 Å². The van der Waals surface area contributed by atoms with E-state index in [1.54, 1.807) is 0 Å². The third-order valence-electron chi connectivity index (χ3n) is 3.03. The zero-order valence-corrected chi connectivity index (χ0v) is 8.40. The van der Waals surface area contributed by atoms with Crippen LogP contribution in [0.1, 0.15) is 24.8 Å². The Morgan fingerprint density at radius 2 is 1.93 bits per heavy atom. The predicted octanol–water partition coefficient (Wildman–Crippen LogP) is 2.55. The molecule has 0 saturated heterocycles. The summed E-state index contributed by atoms with van der Waals surface area (Å²) in [5.41, 5.74) is 1.95. The van der Waals surface area contributed by atoms with E-state index in [9.17, 15) is 0 Å². The zero-order chi connectivity index (χ0) is 9.97. The highest BCUT2D eigenvalue weighted by Gasteiger charge is 2.21. The van der Waals surface area contributed by atoms with Crippen LogP contribution in [0.15, 0.2) is 24.3 Å². The van der Waals surface area contributed by atoms with Crippen LogP contribution in [0.25, 0.3) is 0 Å². The maximum Gasteiger partial charge on any atom is 0.0991 e. The smallest absolute Gasteiger partial charge is 0.0991 e. The molecule has 0 heterocycles. The topological polar surface area (TPSA) is 27.0 Å². The minimum Gasteiger partial charge on any atom is -0.372 e. The molecule has 0 atom stereocenters. The van der Waals surface area contributed by atoms with Crippen LogP contribution in [-0.4, -0.2) is 13.1 Å². The molecule has 72 valence electrons. The molecule has 14 heavy (non-hydrogen) atoms. The first-order chi connectivity index (χ1) is 6.81. The lowest BCUT2D eigenvalue weighted by molar-refractivity contribution is 0.401. The van der Waals surface area contributed by atoms with Crippen LogP contribution in [-0.2, 0) is 0 Å². The molecule has 2 heteroatoms. The van der Waals surface area contributed by atoms with E-state index in [0.717, 1.165) is 5.56 Å². The molecule has 0 aliphatic heterocycles. The van der Waals surface area contributed by atoms with Gasteiger partial charge in [0.05, 0.1) is 11.6 Å². The van der Waals surface area contributed by atoms with E-state index in [4.69, 9.17) is 5.26 Å². The van der Waals surface area contributed by atoms with Crippen LogP contribution in [0.4, 0.5) is 5.69 Å². The van der Waals surface area contributed by atoms with Crippen molar-refractivity contribution in [2.45, 2.75) is 25.3 Å². The van der Waals surface area contributed by atoms with Crippen LogP contribution < -0.4 is 4.90 Å². The molecular formula is C12H14N2. The maximum atomic E-state index is 8.67. The predicted molar refractivity (Wildman–Crippen MR) is 57.2 cm³/mol. The second kappa shape index (κ2) is 3.71. The van der Waals surface area contributed by atoms with Gasteiger partial charge in [-0.15, -0.1) is 0 Å². The molecule has 1 fully saturated rings. The first-order valence-electron chi connectivity index (χ1n) is 5.04. The van der Waals surface area contributed by atoms with Gasteiger partial charge in [-0.05, 0) is 43.5 Å². The summed E-state index contributed by atoms with van der Waals surface area (Å²) < 4.78 is 0. The van der Waals surface area contributed by atoms with Crippen molar-refractivity contribution < 1.29 is 0 Å². The normalized spacial score (nSPS) is 15.7. The fourth-order valence-corrected chi connectivity index (χ4v) is 1.76. The van der Waals surface area contributed by atoms with Crippen molar-refractivity contribution >= 4 is 5.69 Å². The molecule has 1 saturated carbocycles. The van der Waals surface area contributed by atoms with Crippen molar-refractivity contribution in [2.75, 3.05) is 11.9 Å². The highest BCUT2D eigenvalue weighted by molar-refractivity contribution is 5.50. The SMILES string of the molecule is CN(c1ccc(C#N)cc1)C1CCC1. The van der Waals surface area contributed by atoms with Gasteiger partial charge in [-0.1, -0.05) is 0 Å². The molecule has 0 aromatic heterocycles. The van der Waals surface area contributed by atoms with E-state index in [2.05, 4.69) is 18.0 Å². The lowest BCUT2D eigenvalue weighted by Gasteiger charge is -2.36. The molecule has 2 rings (SSSR count). The van der Waals surface area contributed by atoms with E-state index in [1.807, 2.05) is 24.3 Å². The van der Waals surface area contributed by atoms with Gasteiger partial charge in [0.1, 0.15) is 0 Å². The summed E-state index contributed by atoms with van der Waals surface area (Å²) in [7, 11) is 2.13. The van der Waals surface area contributed by atoms with Crippen molar-refractivity contribution in [2.24, 2.45) is 0 Å². The molecule has 0 spiro atoms. The van der Waals surface area contributed by atoms with Gasteiger partial charge in [0.2, 0.25) is 0 Å². The fourth-order valence-electron chi connectivity index (χ4n) is 1.76. The fraction of sp³-hybridized carbons (Fsp3) is 0.417. The first-order valence-corrected chi connectivity index (χ1v) is 5.04. The molecule has 1 aliphatic carbocycles. The number of nitrogens with zero attached hydrogens (tertiary/aromatic N) is 2. The third-order valence-corrected chi connectivity index (χ3v) is 3.03. The molecule has 0 unspecified atom stereocenters. The average Bonchev–Trinajstić information content (AvgIpc) is 2.15. The van der Waals surface area contributed by atoms with Crippen LogP contribution in [0, 0.1) is 11.3 Å². The molecule has 0 N–H and O–H groups in total. The monoisotopic (exact) mass is 186 g/mol. The largest absolute Gasteiger partial charge is 0.372 e. The minimum atomic E-state index is 0.711. The Hall–Kier alpha value is -1.49. The van der Waals surface area contributed by atoms with Crippen molar-refractivity contribution in [1.29, 1.82) is 5.26 Å². The summed E-state index contributed by atoms with van der Waals surface area (Å²) >= 11 is 0. The molecule has 2 nitrogen and oxygen atoms in total. The Balaban J connectivity index is 2.12. The lowest BCUT2D eigenvalue weighted by atomic mass is 9.91. The Labute approximate surface area is 84.8 Å². The van der Waals surface area contributed by atoms with Gasteiger partial charge in [0.25, 0.3) is 0 Å². The summed E-state index contributed by atoms with van der Waals surface area (Å²) in [5.74, 6) is 0. The molecule has 1 aliphatic rings. The van der Waals surface area contributed by atoms with Crippen LogP contribution in [0.5, 0.6) is 0 Å². The number of benzene rings is 1. The molecule has 1 aromatic carbocycles. The van der Waals surface area contributed by atoms with Gasteiger partial charge >= 0.3 is 0 Å². The van der Waals surface area contributed by atoms with Gasteiger partial charge < -0.3 is 4.90 Å². The number of rotatable bonds is 2. The highest BCUT2D eigenvalue weighted by atomic mass is 15.1. The second-order valence-electron chi connectivity index (χ2n) is 3.85. The third kappa shape index (κ3) is 1.58. The highest BCUT2D eigenvalue weighted by Crippen LogP contribution is 2.27. The van der Waals surface area contributed by atoms with Crippen molar-refractivity contribution in [3.63, 3.8) is 0 Å². The summed E-state index contributed by atoms with van der Waals surface area (Å²) in [5, 5.41) is 8.67. The quantitative estimate of drug-likeness (QED) is 0.709. The number of hydrogen-bond donors (Lipinski definition) is 0. The van der Waals surface area contributed by atoms with Gasteiger partial charge in [-0.2, -0.15) is 5.26 Å². The Morgan fingerprint density at radius 3 is 2.36 bits per heavy atom. The van der Waals surface area contributed by atoms with E-state index in [0.29, 0.717) is 6.04 Å². The zero-order valence-electron chi connectivity index (χ0n) is 8.40. The van der Waals surface area contributed by atoms with Crippen LogP contribution in [0.3, 0.4) is 0 Å².